The molecule has 2 unspecified atom stereocenters. The van der Waals surface area contributed by atoms with Gasteiger partial charge in [-0.1, -0.05) is 29.3 Å². The Bertz CT molecular complexity index is 1240. The summed E-state index contributed by atoms with van der Waals surface area (Å²) in [6.07, 6.45) is -15.4. The number of nitrogens with one attached hydrogen (secondary N) is 1. The van der Waals surface area contributed by atoms with Crippen LogP contribution in [0.2, 0.25) is 10.0 Å². The van der Waals surface area contributed by atoms with E-state index < -0.39 is 103 Å². The predicted octanol–water partition coefficient (Wildman–Crippen LogP) is 8.24. The van der Waals surface area contributed by atoms with Gasteiger partial charge in [0.05, 0.1) is 27.2 Å². The second-order valence-electron chi connectivity index (χ2n) is 8.33. The van der Waals surface area contributed by atoms with Crippen molar-refractivity contribution in [1.82, 2.24) is 5.32 Å². The van der Waals surface area contributed by atoms with E-state index in [1.54, 1.807) is 0 Å². The van der Waals surface area contributed by atoms with E-state index in [1.165, 1.54) is 0 Å². The van der Waals surface area contributed by atoms with Crippen molar-refractivity contribution in [2.24, 2.45) is 0 Å². The maximum atomic E-state index is 14.9. The third-order valence-corrected chi connectivity index (χ3v) is 7.09. The van der Waals surface area contributed by atoms with Crippen molar-refractivity contribution in [3.63, 3.8) is 0 Å². The van der Waals surface area contributed by atoms with E-state index in [0.717, 1.165) is 6.92 Å². The first-order valence-corrected chi connectivity index (χ1v) is 12.9. The first kappa shape index (κ1) is 34.0. The Labute approximate surface area is 232 Å². The van der Waals surface area contributed by atoms with E-state index in [2.05, 4.69) is 0 Å². The second kappa shape index (κ2) is 12.7. The fourth-order valence-electron chi connectivity index (χ4n) is 3.37. The molecule has 222 valence electrons. The predicted molar refractivity (Wildman–Crippen MR) is 127 cm³/mol. The molecule has 0 bridgehead atoms. The van der Waals surface area contributed by atoms with Gasteiger partial charge in [0, 0.05) is 5.56 Å². The second-order valence-corrected chi connectivity index (χ2v) is 10.6. The molecule has 40 heavy (non-hydrogen) atoms. The molecular formula is C23H16Cl2F11NO2S. The van der Waals surface area contributed by atoms with Crippen LogP contribution >= 0.6 is 23.2 Å². The van der Waals surface area contributed by atoms with Gasteiger partial charge < -0.3 is 9.87 Å². The van der Waals surface area contributed by atoms with Crippen LogP contribution in [0.1, 0.15) is 39.9 Å². The van der Waals surface area contributed by atoms with Crippen LogP contribution in [-0.4, -0.2) is 40.4 Å². The molecule has 0 aliphatic rings. The average molecular weight is 650 g/mol. The van der Waals surface area contributed by atoms with Crippen molar-refractivity contribution in [3.05, 3.63) is 74.5 Å². The number of hydrogen-bond acceptors (Lipinski definition) is 2. The van der Waals surface area contributed by atoms with Gasteiger partial charge in [-0.15, -0.1) is 0 Å². The van der Waals surface area contributed by atoms with Crippen molar-refractivity contribution in [1.29, 1.82) is 0 Å². The summed E-state index contributed by atoms with van der Waals surface area (Å²) in [5.74, 6) is -9.80. The lowest BCUT2D eigenvalue weighted by Crippen LogP contribution is -2.40. The number of benzene rings is 2. The molecule has 2 aromatic carbocycles. The van der Waals surface area contributed by atoms with Gasteiger partial charge in [-0.05, 0) is 54.0 Å². The zero-order valence-electron chi connectivity index (χ0n) is 19.7. The largest absolute Gasteiger partial charge is 0.616 e. The summed E-state index contributed by atoms with van der Waals surface area (Å²) in [5.41, 5.74) is -4.73. The van der Waals surface area contributed by atoms with Crippen molar-refractivity contribution in [2.75, 3.05) is 11.5 Å². The molecule has 17 heteroatoms. The van der Waals surface area contributed by atoms with Crippen molar-refractivity contribution in [3.8, 4) is 0 Å². The molecule has 0 radical (unpaired) electrons. The normalized spacial score (nSPS) is 15.5. The highest BCUT2D eigenvalue weighted by Crippen LogP contribution is 2.41. The minimum Gasteiger partial charge on any atom is -0.616 e. The van der Waals surface area contributed by atoms with Crippen LogP contribution in [0.4, 0.5) is 48.3 Å². The summed E-state index contributed by atoms with van der Waals surface area (Å²) in [6.45, 7) is 1.08. The minimum atomic E-state index is -5.33. The lowest BCUT2D eigenvalue weighted by molar-refractivity contribution is -0.140. The molecule has 0 heterocycles. The van der Waals surface area contributed by atoms with E-state index in [-0.39, 0.29) is 12.1 Å². The fraction of sp³-hybridized carbons (Fsp3) is 0.348. The Morgan fingerprint density at radius 1 is 1.02 bits per heavy atom. The molecule has 0 spiro atoms. The van der Waals surface area contributed by atoms with E-state index in [4.69, 9.17) is 23.2 Å². The molecule has 0 saturated heterocycles. The quantitative estimate of drug-likeness (QED) is 0.178. The summed E-state index contributed by atoms with van der Waals surface area (Å²) in [7, 11) is 0. The van der Waals surface area contributed by atoms with Crippen LogP contribution < -0.4 is 5.32 Å². The monoisotopic (exact) mass is 649 g/mol. The number of alkyl halides is 9. The number of allylic oxidation sites excluding steroid dienone is 1. The summed E-state index contributed by atoms with van der Waals surface area (Å²) < 4.78 is 159. The molecule has 0 aromatic heterocycles. The molecule has 1 N–H and O–H groups in total. The van der Waals surface area contributed by atoms with Crippen molar-refractivity contribution in [2.45, 2.75) is 37.4 Å². The number of carbonyl (C=O) groups is 1. The van der Waals surface area contributed by atoms with Gasteiger partial charge in [0.1, 0.15) is 17.5 Å². The number of halogens is 13. The van der Waals surface area contributed by atoms with Crippen LogP contribution in [0.3, 0.4) is 0 Å². The Hall–Kier alpha value is -2.23. The van der Waals surface area contributed by atoms with Crippen LogP contribution in [0.25, 0.3) is 5.83 Å². The highest BCUT2D eigenvalue weighted by Gasteiger charge is 2.41. The van der Waals surface area contributed by atoms with Gasteiger partial charge in [0.15, 0.2) is 5.82 Å². The standard InChI is InChI=1S/C23H16Cl2F11NO2S/c1-10(8-40(39)9-21(28,29)30)37-20(38)13-3-2-11(4-15(13)23(34,35)36)18(26)7-14(22(31,32)33)12-5-16(24)19(27)17(25)6-12/h2-7,10,14H,8-9H2,1H3,(H,37,38)/b18-7-/t10-,14?,40?/m1/s1. The molecular weight excluding hydrogens is 634 g/mol. The Morgan fingerprint density at radius 2 is 1.57 bits per heavy atom. The summed E-state index contributed by atoms with van der Waals surface area (Å²) in [4.78, 5) is 12.4. The van der Waals surface area contributed by atoms with Crippen LogP contribution in [0, 0.1) is 5.82 Å². The Kier molecular flexibility index (Phi) is 10.8. The van der Waals surface area contributed by atoms with Crippen LogP contribution in [0.15, 0.2) is 36.4 Å². The summed E-state index contributed by atoms with van der Waals surface area (Å²) in [6, 6.07) is 0.833. The molecule has 3 atom stereocenters. The molecule has 0 aliphatic carbocycles. The van der Waals surface area contributed by atoms with Crippen LogP contribution in [0.5, 0.6) is 0 Å². The van der Waals surface area contributed by atoms with Gasteiger partial charge in [0.25, 0.3) is 5.91 Å². The van der Waals surface area contributed by atoms with Crippen molar-refractivity contribution < 1.29 is 57.6 Å². The maximum Gasteiger partial charge on any atom is 0.433 e. The molecule has 0 saturated carbocycles. The summed E-state index contributed by atoms with van der Waals surface area (Å²) >= 11 is 8.50. The third-order valence-electron chi connectivity index (χ3n) is 5.01. The van der Waals surface area contributed by atoms with E-state index in [9.17, 15) is 57.6 Å². The highest BCUT2D eigenvalue weighted by atomic mass is 35.5. The third kappa shape index (κ3) is 9.42. The number of amides is 1. The van der Waals surface area contributed by atoms with Gasteiger partial charge in [-0.25, -0.2) is 8.78 Å². The lowest BCUT2D eigenvalue weighted by Gasteiger charge is -2.20. The van der Waals surface area contributed by atoms with Gasteiger partial charge in [0.2, 0.25) is 5.75 Å². The fourth-order valence-corrected chi connectivity index (χ4v) is 4.99. The molecule has 3 nitrogen and oxygen atoms in total. The number of rotatable bonds is 8. The molecule has 2 rings (SSSR count). The average Bonchev–Trinajstić information content (AvgIpc) is 2.77. The Morgan fingerprint density at radius 3 is 2.05 bits per heavy atom. The zero-order valence-corrected chi connectivity index (χ0v) is 22.0. The van der Waals surface area contributed by atoms with Crippen LogP contribution in [-0.2, 0) is 17.4 Å². The van der Waals surface area contributed by atoms with Gasteiger partial charge in [-0.3, -0.25) is 4.79 Å². The van der Waals surface area contributed by atoms with E-state index in [1.807, 2.05) is 5.32 Å². The summed E-state index contributed by atoms with van der Waals surface area (Å²) in [5, 5.41) is 0.306. The van der Waals surface area contributed by atoms with Crippen molar-refractivity contribution >= 4 is 46.1 Å². The lowest BCUT2D eigenvalue weighted by atomic mass is 9.95. The number of hydrogen-bond donors (Lipinski definition) is 1. The highest BCUT2D eigenvalue weighted by molar-refractivity contribution is 7.91. The molecule has 1 amide bonds. The Balaban J connectivity index is 2.43. The van der Waals surface area contributed by atoms with Gasteiger partial charge in [-0.2, -0.15) is 39.5 Å². The molecule has 2 aromatic rings. The van der Waals surface area contributed by atoms with Gasteiger partial charge >= 0.3 is 18.5 Å². The first-order valence-electron chi connectivity index (χ1n) is 10.6. The topological polar surface area (TPSA) is 52.2 Å². The zero-order chi connectivity index (χ0) is 30.8. The smallest absolute Gasteiger partial charge is 0.433 e. The molecule has 0 aliphatic heterocycles. The van der Waals surface area contributed by atoms with E-state index in [0.29, 0.717) is 24.3 Å². The number of carbonyl (C=O) groups excluding carboxylic acids is 1. The minimum absolute atomic E-state index is 0.0608. The van der Waals surface area contributed by atoms with E-state index >= 15 is 0 Å². The molecule has 0 fully saturated rings. The maximum absolute atomic E-state index is 14.9. The SMILES string of the molecule is C[C@H](C[S+]([O-])CC(F)(F)F)NC(=O)c1ccc(/C(F)=C/C(c2cc(Cl)c(F)c(Cl)c2)C(F)(F)F)cc1C(F)(F)F. The first-order chi connectivity index (χ1) is 18.1.